The molecule has 0 heterocycles. The summed E-state index contributed by atoms with van der Waals surface area (Å²) in [6.45, 7) is 0. The molecule has 0 aliphatic heterocycles. The molecule has 8 heavy (non-hydrogen) atoms. The summed E-state index contributed by atoms with van der Waals surface area (Å²) in [5.74, 6) is 0. The van der Waals surface area contributed by atoms with E-state index in [1.54, 1.807) is 0 Å². The molecular weight excluding hydrogens is 177 g/mol. The summed E-state index contributed by atoms with van der Waals surface area (Å²) in [6, 6.07) is 0. The van der Waals surface area contributed by atoms with E-state index in [4.69, 9.17) is 19.2 Å². The predicted octanol–water partition coefficient (Wildman–Crippen LogP) is -4.55. The molecule has 0 aromatic carbocycles. The average Bonchev–Trinajstić information content (AvgIpc) is 0.722. The van der Waals surface area contributed by atoms with Gasteiger partial charge in [-0.2, -0.15) is 0 Å². The van der Waals surface area contributed by atoms with E-state index in [0.29, 0.717) is 0 Å². The van der Waals surface area contributed by atoms with Crippen molar-refractivity contribution < 1.29 is 19.2 Å². The van der Waals surface area contributed by atoms with E-state index in [1.807, 2.05) is 0 Å². The van der Waals surface area contributed by atoms with Gasteiger partial charge < -0.3 is 19.2 Å². The van der Waals surface area contributed by atoms with E-state index >= 15 is 0 Å². The molecule has 0 saturated heterocycles. The van der Waals surface area contributed by atoms with Gasteiger partial charge in [0.1, 0.15) is 0 Å². The van der Waals surface area contributed by atoms with E-state index in [0.717, 1.165) is 0 Å². The van der Waals surface area contributed by atoms with Crippen LogP contribution in [0.2, 0.25) is 0 Å². The molecule has 0 aromatic rings. The van der Waals surface area contributed by atoms with Gasteiger partial charge in [-0.15, -0.1) is 0 Å². The third-order valence-corrected chi connectivity index (χ3v) is 0. The summed E-state index contributed by atoms with van der Waals surface area (Å²) in [6.07, 6.45) is 0. The first-order valence-electron chi connectivity index (χ1n) is 0.894. The molecule has 0 atom stereocenters. The monoisotopic (exact) mass is 184 g/mol. The Morgan fingerprint density at radius 2 is 0.750 bits per heavy atom. The summed E-state index contributed by atoms with van der Waals surface area (Å²) in [5, 5.41) is 0. The zero-order valence-electron chi connectivity index (χ0n) is 2.29. The Balaban J connectivity index is -0.0000000267. The van der Waals surface area contributed by atoms with Crippen LogP contribution >= 0.6 is 0 Å². The van der Waals surface area contributed by atoms with E-state index in [-0.39, 0.29) is 110 Å². The second-order valence-corrected chi connectivity index (χ2v) is 1.80. The molecule has 0 aliphatic rings. The molecule has 0 fully saturated rings. The fraction of sp³-hybridized carbons (Fsp3) is 0. The van der Waals surface area contributed by atoms with Crippen LogP contribution in [0.15, 0.2) is 0 Å². The molecule has 0 bridgehead atoms. The molecule has 8 heteroatoms. The molecule has 0 radical (unpaired) electrons. The molecule has 0 unspecified atom stereocenters. The van der Waals surface area contributed by atoms with Crippen LogP contribution in [0.5, 0.6) is 0 Å². The van der Waals surface area contributed by atoms with Gasteiger partial charge in [0.05, 0.1) is 0 Å². The van der Waals surface area contributed by atoms with Crippen molar-refractivity contribution >= 4 is 120 Å². The van der Waals surface area contributed by atoms with Gasteiger partial charge >= 0.3 is 120 Å². The minimum absolute atomic E-state index is 0. The zero-order chi connectivity index (χ0) is 4.50. The molecule has 4 nitrogen and oxygen atoms in total. The second kappa shape index (κ2) is 10.7. The van der Waals surface area contributed by atoms with Gasteiger partial charge in [-0.3, -0.25) is 0 Å². The van der Waals surface area contributed by atoms with Crippen molar-refractivity contribution in [2.24, 2.45) is 0 Å². The normalized spacial score (nSPS) is 7.50. The summed E-state index contributed by atoms with van der Waals surface area (Å²) < 4.78 is 0. The van der Waals surface area contributed by atoms with Gasteiger partial charge in [-0.05, 0) is 0 Å². The summed E-state index contributed by atoms with van der Waals surface area (Å²) in [4.78, 5) is 29.3. The summed E-state index contributed by atoms with van der Waals surface area (Å²) in [7, 11) is -4.61. The Morgan fingerprint density at radius 1 is 0.750 bits per heavy atom. The summed E-state index contributed by atoms with van der Waals surface area (Å²) >= 11 is 0. The molecule has 0 spiro atoms. The fourth-order valence-electron chi connectivity index (χ4n) is 0. The number of hydrogen-bond acceptors (Lipinski definition) is 4. The second-order valence-electron chi connectivity index (χ2n) is 0.600. The predicted molar refractivity (Wildman–Crippen MR) is 36.1 cm³/mol. The van der Waals surface area contributed by atoms with Gasteiger partial charge in [0.2, 0.25) is 0 Å². The Bertz CT molecular complexity index is 29.5. The van der Waals surface area contributed by atoms with Crippen molar-refractivity contribution in [3.8, 4) is 0 Å². The van der Waals surface area contributed by atoms with Crippen molar-refractivity contribution in [2.75, 3.05) is 0 Å². The molecule has 4 N–H and O–H groups in total. The van der Waals surface area contributed by atoms with Crippen LogP contribution < -0.4 is 0 Å². The van der Waals surface area contributed by atoms with Gasteiger partial charge in [-0.1, -0.05) is 0 Å². The quantitative estimate of drug-likeness (QED) is 0.286. The topological polar surface area (TPSA) is 80.9 Å². The Hall–Kier alpha value is 3.69. The van der Waals surface area contributed by atoms with Crippen LogP contribution in [0.4, 0.5) is 0 Å². The van der Waals surface area contributed by atoms with Crippen LogP contribution in [-0.4, -0.2) is 139 Å². The van der Waals surface area contributed by atoms with Crippen LogP contribution in [0.1, 0.15) is 0 Å². The maximum absolute atomic E-state index is 7.33. The van der Waals surface area contributed by atoms with Crippen molar-refractivity contribution in [1.82, 2.24) is 0 Å². The SMILES string of the molecule is O[Si](O)(O)O.[KH].[NaH].[NaH]. The molecular formula is H7KNa2O4Si. The van der Waals surface area contributed by atoms with Crippen molar-refractivity contribution in [1.29, 1.82) is 0 Å². The molecule has 0 aromatic heterocycles. The van der Waals surface area contributed by atoms with Gasteiger partial charge in [0, 0.05) is 0 Å². The van der Waals surface area contributed by atoms with Crippen molar-refractivity contribution in [2.45, 2.75) is 0 Å². The number of hydrogen-bond donors (Lipinski definition) is 4. The van der Waals surface area contributed by atoms with Crippen LogP contribution in [-0.2, 0) is 0 Å². The first-order valence-corrected chi connectivity index (χ1v) is 2.68. The van der Waals surface area contributed by atoms with Gasteiger partial charge in [0.25, 0.3) is 0 Å². The minimum atomic E-state index is -4.61. The van der Waals surface area contributed by atoms with E-state index in [2.05, 4.69) is 0 Å². The van der Waals surface area contributed by atoms with Crippen molar-refractivity contribution in [3.05, 3.63) is 0 Å². The fourth-order valence-corrected chi connectivity index (χ4v) is 0. The third kappa shape index (κ3) is 53.7. The third-order valence-electron chi connectivity index (χ3n) is 0. The first-order chi connectivity index (χ1) is 2.00. The van der Waals surface area contributed by atoms with Gasteiger partial charge in [-0.25, -0.2) is 0 Å². The summed E-state index contributed by atoms with van der Waals surface area (Å²) in [5.41, 5.74) is 0. The Labute approximate surface area is 135 Å². The zero-order valence-corrected chi connectivity index (χ0v) is 3.29. The molecule has 38 valence electrons. The molecule has 0 aliphatic carbocycles. The maximum atomic E-state index is 7.33. The van der Waals surface area contributed by atoms with Crippen LogP contribution in [0.3, 0.4) is 0 Å². The van der Waals surface area contributed by atoms with E-state index in [1.165, 1.54) is 0 Å². The Kier molecular flexibility index (Phi) is 30.2. The standard InChI is InChI=1S/K.2Na.H4O4Si.3H/c;;;1-5(2,3)4;;;/h;;;1-4H;;;. The first kappa shape index (κ1) is 22.6. The molecule has 0 amide bonds. The van der Waals surface area contributed by atoms with Crippen LogP contribution in [0, 0.1) is 0 Å². The van der Waals surface area contributed by atoms with Crippen molar-refractivity contribution in [3.63, 3.8) is 0 Å². The van der Waals surface area contributed by atoms with Crippen LogP contribution in [0.25, 0.3) is 0 Å². The molecule has 0 rings (SSSR count). The van der Waals surface area contributed by atoms with E-state index in [9.17, 15) is 0 Å². The number of rotatable bonds is 0. The Morgan fingerprint density at radius 3 is 0.750 bits per heavy atom. The average molecular weight is 184 g/mol. The molecule has 0 saturated carbocycles. The van der Waals surface area contributed by atoms with Gasteiger partial charge in [0.15, 0.2) is 0 Å². The van der Waals surface area contributed by atoms with E-state index < -0.39 is 9.05 Å².